The molecule has 0 bridgehead atoms. The number of aliphatic hydroxyl groups is 2. The number of piperazine rings is 1. The molecule has 3 rings (SSSR count). The number of nitrogens with zero attached hydrogens (tertiary/aromatic N) is 3. The molecule has 1 fully saturated rings. The Balaban J connectivity index is 1.81. The lowest BCUT2D eigenvalue weighted by atomic mass is 9.88. The van der Waals surface area contributed by atoms with E-state index in [2.05, 4.69) is 16.8 Å². The molecule has 1 aromatic rings. The van der Waals surface area contributed by atoms with Gasteiger partial charge in [-0.05, 0) is 57.5 Å². The molecule has 0 unspecified atom stereocenters. The molecule has 0 spiro atoms. The predicted molar refractivity (Wildman–Crippen MR) is 154 cm³/mol. The summed E-state index contributed by atoms with van der Waals surface area (Å²) in [7, 11) is 2.01. The summed E-state index contributed by atoms with van der Waals surface area (Å²) in [4.78, 5) is 33.9. The number of likely N-dealkylation sites (N-methyl/N-ethyl adjacent to an activating group) is 1. The maximum atomic E-state index is 13.0. The number of amides is 1. The van der Waals surface area contributed by atoms with Crippen LogP contribution in [0.3, 0.4) is 0 Å². The Bertz CT molecular complexity index is 1060. The molecule has 3 heterocycles. The van der Waals surface area contributed by atoms with Gasteiger partial charge in [0.2, 0.25) is 0 Å². The van der Waals surface area contributed by atoms with Gasteiger partial charge in [0.15, 0.2) is 6.10 Å². The van der Waals surface area contributed by atoms with Gasteiger partial charge in [-0.3, -0.25) is 9.78 Å². The summed E-state index contributed by atoms with van der Waals surface area (Å²) in [6.07, 6.45) is 8.23. The Morgan fingerprint density at radius 2 is 1.98 bits per heavy atom. The number of allylic oxidation sites excluding steroid dienone is 3. The third kappa shape index (κ3) is 9.28. The van der Waals surface area contributed by atoms with Crippen LogP contribution in [0, 0.1) is 5.92 Å². The summed E-state index contributed by atoms with van der Waals surface area (Å²) in [5.41, 5.74) is 0.337. The topological polar surface area (TPSA) is 112 Å². The fraction of sp³-hybridized carbons (Fsp3) is 0.581. The number of ether oxygens (including phenoxy) is 2. The first kappa shape index (κ1) is 31.5. The number of hydrogen-bond acceptors (Lipinski definition) is 8. The van der Waals surface area contributed by atoms with E-state index >= 15 is 0 Å². The maximum Gasteiger partial charge on any atom is 0.410 e. The second kappa shape index (κ2) is 14.6. The van der Waals surface area contributed by atoms with Crippen LogP contribution < -0.4 is 0 Å². The number of carbonyl (C=O) groups excluding carboxylic acids is 2. The summed E-state index contributed by atoms with van der Waals surface area (Å²) in [6.45, 7) is 10.1. The molecular formula is C31H45N3O6. The highest BCUT2D eigenvalue weighted by Gasteiger charge is 2.36. The van der Waals surface area contributed by atoms with Crippen LogP contribution in [0.5, 0.6) is 0 Å². The van der Waals surface area contributed by atoms with Crippen LogP contribution in [0.15, 0.2) is 60.3 Å². The van der Waals surface area contributed by atoms with E-state index in [1.54, 1.807) is 24.1 Å². The molecular weight excluding hydrogens is 510 g/mol. The lowest BCUT2D eigenvalue weighted by Crippen LogP contribution is -2.50. The smallest absolute Gasteiger partial charge is 0.410 e. The quantitative estimate of drug-likeness (QED) is 0.320. The standard InChI is InChI=1S/C31H45N3O6/c1-22(26-11-6-7-16-32-26)9-8-10-23(2)29-24(3)12-13-27(39-30(37)34-19-17-33(5)18-20-34)31(4,38)15-14-25(35)21-28(36)40-29/h6-13,16,22,24-25,27,29,35,38H,14-15,17-21H2,1-5H3/b9-8+,13-12+,23-10+/t22-,24+,25-,27-,29-,31-/m1/s1. The van der Waals surface area contributed by atoms with Gasteiger partial charge in [0.05, 0.1) is 12.5 Å². The van der Waals surface area contributed by atoms with Crippen LogP contribution in [0.2, 0.25) is 0 Å². The van der Waals surface area contributed by atoms with Crippen LogP contribution >= 0.6 is 0 Å². The minimum Gasteiger partial charge on any atom is -0.457 e. The van der Waals surface area contributed by atoms with Crippen molar-refractivity contribution in [2.45, 2.75) is 76.8 Å². The highest BCUT2D eigenvalue weighted by atomic mass is 16.6. The van der Waals surface area contributed by atoms with Gasteiger partial charge >= 0.3 is 12.1 Å². The number of rotatable bonds is 5. The molecule has 0 radical (unpaired) electrons. The molecule has 40 heavy (non-hydrogen) atoms. The van der Waals surface area contributed by atoms with Crippen LogP contribution in [0.4, 0.5) is 4.79 Å². The summed E-state index contributed by atoms with van der Waals surface area (Å²) in [5.74, 6) is -0.692. The van der Waals surface area contributed by atoms with E-state index in [0.717, 1.165) is 24.4 Å². The lowest BCUT2D eigenvalue weighted by molar-refractivity contribution is -0.151. The molecule has 6 atom stereocenters. The van der Waals surface area contributed by atoms with Crippen molar-refractivity contribution in [3.63, 3.8) is 0 Å². The Labute approximate surface area is 238 Å². The summed E-state index contributed by atoms with van der Waals surface area (Å²) in [5, 5.41) is 21.8. The van der Waals surface area contributed by atoms with E-state index in [1.165, 1.54) is 0 Å². The zero-order valence-corrected chi connectivity index (χ0v) is 24.4. The number of aliphatic hydroxyl groups excluding tert-OH is 1. The molecule has 0 aromatic carbocycles. The maximum absolute atomic E-state index is 13.0. The van der Waals surface area contributed by atoms with E-state index in [0.29, 0.717) is 13.1 Å². The van der Waals surface area contributed by atoms with Gasteiger partial charge in [-0.2, -0.15) is 0 Å². The molecule has 9 heteroatoms. The molecule has 220 valence electrons. The van der Waals surface area contributed by atoms with Gasteiger partial charge in [0.1, 0.15) is 11.7 Å². The summed E-state index contributed by atoms with van der Waals surface area (Å²) >= 11 is 0. The van der Waals surface area contributed by atoms with E-state index in [9.17, 15) is 19.8 Å². The van der Waals surface area contributed by atoms with Crippen molar-refractivity contribution in [2.75, 3.05) is 33.2 Å². The predicted octanol–water partition coefficient (Wildman–Crippen LogP) is 3.84. The Morgan fingerprint density at radius 3 is 2.65 bits per heavy atom. The fourth-order valence-corrected chi connectivity index (χ4v) is 4.84. The van der Waals surface area contributed by atoms with E-state index in [1.807, 2.05) is 63.4 Å². The van der Waals surface area contributed by atoms with Crippen LogP contribution in [-0.2, 0) is 14.3 Å². The van der Waals surface area contributed by atoms with Crippen molar-refractivity contribution < 1.29 is 29.3 Å². The van der Waals surface area contributed by atoms with Gasteiger partial charge in [0, 0.05) is 49.9 Å². The van der Waals surface area contributed by atoms with Crippen LogP contribution in [-0.4, -0.2) is 94.2 Å². The summed E-state index contributed by atoms with van der Waals surface area (Å²) in [6, 6.07) is 5.80. The fourth-order valence-electron chi connectivity index (χ4n) is 4.84. The molecule has 1 aromatic heterocycles. The van der Waals surface area contributed by atoms with E-state index in [-0.39, 0.29) is 31.1 Å². The Hall–Kier alpha value is -3.01. The minimum atomic E-state index is -1.44. The van der Waals surface area contributed by atoms with Gasteiger partial charge < -0.3 is 29.5 Å². The normalized spacial score (nSPS) is 31.1. The second-order valence-electron chi connectivity index (χ2n) is 11.3. The average Bonchev–Trinajstić information content (AvgIpc) is 2.92. The number of pyridine rings is 1. The lowest BCUT2D eigenvalue weighted by Gasteiger charge is -2.36. The van der Waals surface area contributed by atoms with Crippen molar-refractivity contribution in [3.05, 3.63) is 66.0 Å². The summed E-state index contributed by atoms with van der Waals surface area (Å²) < 4.78 is 11.7. The minimum absolute atomic E-state index is 0.106. The molecule has 9 nitrogen and oxygen atoms in total. The van der Waals surface area contributed by atoms with Gasteiger partial charge in [-0.25, -0.2) is 4.79 Å². The second-order valence-corrected chi connectivity index (χ2v) is 11.3. The van der Waals surface area contributed by atoms with Crippen molar-refractivity contribution in [1.82, 2.24) is 14.8 Å². The van der Waals surface area contributed by atoms with Crippen molar-refractivity contribution in [3.8, 4) is 0 Å². The first-order valence-electron chi connectivity index (χ1n) is 14.1. The van der Waals surface area contributed by atoms with Crippen molar-refractivity contribution in [2.24, 2.45) is 5.92 Å². The largest absolute Gasteiger partial charge is 0.457 e. The third-order valence-corrected chi connectivity index (χ3v) is 7.68. The zero-order chi connectivity index (χ0) is 29.3. The van der Waals surface area contributed by atoms with E-state index < -0.39 is 36.0 Å². The highest BCUT2D eigenvalue weighted by molar-refractivity contribution is 5.70. The van der Waals surface area contributed by atoms with Crippen molar-refractivity contribution >= 4 is 12.1 Å². The molecule has 0 aliphatic carbocycles. The number of esters is 1. The van der Waals surface area contributed by atoms with Gasteiger partial charge in [-0.15, -0.1) is 0 Å². The third-order valence-electron chi connectivity index (χ3n) is 7.68. The molecule has 2 N–H and O–H groups in total. The van der Waals surface area contributed by atoms with Crippen molar-refractivity contribution in [1.29, 1.82) is 0 Å². The molecule has 2 aliphatic heterocycles. The molecule has 1 saturated heterocycles. The average molecular weight is 556 g/mol. The SMILES string of the molecule is C/C(=C\C=C\[C@@H](C)c1ccccn1)[C@H]1OC(=O)C[C@H](O)CC[C@@](C)(O)[C@H](OC(=O)N2CCN(C)CC2)/C=C/[C@@H]1C. The number of aromatic nitrogens is 1. The number of cyclic esters (lactones) is 1. The first-order valence-corrected chi connectivity index (χ1v) is 14.1. The van der Waals surface area contributed by atoms with E-state index in [4.69, 9.17) is 9.47 Å². The number of carbonyl (C=O) groups is 2. The van der Waals surface area contributed by atoms with Crippen LogP contribution in [0.25, 0.3) is 0 Å². The zero-order valence-electron chi connectivity index (χ0n) is 24.4. The monoisotopic (exact) mass is 555 g/mol. The molecule has 2 aliphatic rings. The van der Waals surface area contributed by atoms with Gasteiger partial charge in [0.25, 0.3) is 0 Å². The first-order chi connectivity index (χ1) is 19.0. The number of hydrogen-bond donors (Lipinski definition) is 2. The molecule has 1 amide bonds. The van der Waals surface area contributed by atoms with Crippen LogP contribution in [0.1, 0.15) is 58.6 Å². The Morgan fingerprint density at radius 1 is 1.25 bits per heavy atom. The molecule has 0 saturated carbocycles. The highest BCUT2D eigenvalue weighted by Crippen LogP contribution is 2.27. The Kier molecular flexibility index (Phi) is 11.5. The van der Waals surface area contributed by atoms with Gasteiger partial charge in [-0.1, -0.05) is 44.2 Å².